The number of carboxylic acids is 1. The van der Waals surface area contributed by atoms with Crippen molar-refractivity contribution >= 4 is 34.8 Å². The molecule has 0 bridgehead atoms. The minimum Gasteiger partial charge on any atom is -0.478 e. The van der Waals surface area contributed by atoms with E-state index >= 15 is 0 Å². The number of benzene rings is 3. The number of para-hydroxylation sites is 2. The second-order valence-electron chi connectivity index (χ2n) is 9.18. The van der Waals surface area contributed by atoms with Crippen molar-refractivity contribution in [3.05, 3.63) is 89.6 Å². The summed E-state index contributed by atoms with van der Waals surface area (Å²) in [5.41, 5.74) is 1.70. The van der Waals surface area contributed by atoms with E-state index in [1.54, 1.807) is 24.3 Å². The Kier molecular flexibility index (Phi) is 8.93. The van der Waals surface area contributed by atoms with Gasteiger partial charge in [-0.25, -0.2) is 9.59 Å². The monoisotopic (exact) mass is 544 g/mol. The fourth-order valence-corrected chi connectivity index (χ4v) is 4.01. The Labute approximate surface area is 230 Å². The zero-order chi connectivity index (χ0) is 28.6. The van der Waals surface area contributed by atoms with E-state index in [-0.39, 0.29) is 35.5 Å². The highest BCUT2D eigenvalue weighted by Crippen LogP contribution is 2.31. The molecule has 2 N–H and O–H groups in total. The second-order valence-corrected chi connectivity index (χ2v) is 9.18. The summed E-state index contributed by atoms with van der Waals surface area (Å²) in [7, 11) is 3.96. The zero-order valence-corrected chi connectivity index (χ0v) is 22.0. The highest BCUT2D eigenvalue weighted by atomic mass is 16.6. The first-order valence-corrected chi connectivity index (χ1v) is 12.5. The van der Waals surface area contributed by atoms with Gasteiger partial charge in [-0.15, -0.1) is 0 Å². The van der Waals surface area contributed by atoms with Crippen LogP contribution in [0.15, 0.2) is 72.9 Å². The van der Waals surface area contributed by atoms with E-state index < -0.39 is 23.9 Å². The molecule has 0 saturated heterocycles. The maximum Gasteiger partial charge on any atom is 0.347 e. The first-order valence-electron chi connectivity index (χ1n) is 12.5. The summed E-state index contributed by atoms with van der Waals surface area (Å²) in [6.45, 7) is 0.813. The number of aromatic nitrogens is 1. The molecule has 0 spiro atoms. The molecule has 0 atom stereocenters. The van der Waals surface area contributed by atoms with Crippen LogP contribution in [0, 0.1) is 0 Å². The second kappa shape index (κ2) is 12.7. The average Bonchev–Trinajstić information content (AvgIpc) is 3.35. The Balaban J connectivity index is 1.41. The van der Waals surface area contributed by atoms with Crippen LogP contribution in [0.4, 0.5) is 0 Å². The SMILES string of the molecule is CN(C)CCc1c[nH]c2cccc(OC(=O)c3ccccc3OC(=O)CCC(=O)Oc3ccccc3C(=O)O)c12. The van der Waals surface area contributed by atoms with E-state index in [2.05, 4.69) is 9.88 Å². The number of carbonyl (C=O) groups is 4. The first kappa shape index (κ1) is 28.1. The molecule has 0 aliphatic heterocycles. The number of hydrogen-bond donors (Lipinski definition) is 2. The van der Waals surface area contributed by atoms with Gasteiger partial charge >= 0.3 is 23.9 Å². The van der Waals surface area contributed by atoms with Crippen LogP contribution in [-0.2, 0) is 16.0 Å². The molecule has 0 fully saturated rings. The van der Waals surface area contributed by atoms with Crippen LogP contribution in [0.2, 0.25) is 0 Å². The average molecular weight is 545 g/mol. The number of carbonyl (C=O) groups excluding carboxylic acids is 3. The van der Waals surface area contributed by atoms with Crippen molar-refractivity contribution in [1.82, 2.24) is 9.88 Å². The molecule has 1 aromatic heterocycles. The molecule has 0 amide bonds. The smallest absolute Gasteiger partial charge is 0.347 e. The molecule has 206 valence electrons. The summed E-state index contributed by atoms with van der Waals surface area (Å²) in [4.78, 5) is 54.4. The summed E-state index contributed by atoms with van der Waals surface area (Å²) >= 11 is 0. The van der Waals surface area contributed by atoms with E-state index in [4.69, 9.17) is 14.2 Å². The predicted molar refractivity (Wildman–Crippen MR) is 146 cm³/mol. The van der Waals surface area contributed by atoms with Crippen molar-refractivity contribution < 1.29 is 38.5 Å². The molecule has 0 unspecified atom stereocenters. The minimum atomic E-state index is -1.25. The zero-order valence-electron chi connectivity index (χ0n) is 22.0. The standard InChI is InChI=1S/C30H28N2O8/c1-32(2)17-16-19-18-31-22-10-7-13-25(28(19)22)40-30(37)21-9-4-6-12-24(21)39-27(34)15-14-26(33)38-23-11-5-3-8-20(23)29(35)36/h3-13,18,31H,14-17H2,1-2H3,(H,35,36). The normalized spacial score (nSPS) is 10.9. The Morgan fingerprint density at radius 2 is 1.32 bits per heavy atom. The third-order valence-electron chi connectivity index (χ3n) is 5.99. The molecule has 3 aromatic carbocycles. The molecule has 10 heteroatoms. The van der Waals surface area contributed by atoms with Crippen molar-refractivity contribution in [3.8, 4) is 17.2 Å². The van der Waals surface area contributed by atoms with Gasteiger partial charge in [-0.05, 0) is 62.5 Å². The minimum absolute atomic E-state index is 0.0174. The third-order valence-corrected chi connectivity index (χ3v) is 5.99. The fourth-order valence-electron chi connectivity index (χ4n) is 4.01. The maximum atomic E-state index is 13.2. The Hall–Kier alpha value is -4.96. The lowest BCUT2D eigenvalue weighted by atomic mass is 10.1. The number of esters is 3. The van der Waals surface area contributed by atoms with Crippen molar-refractivity contribution in [2.24, 2.45) is 0 Å². The lowest BCUT2D eigenvalue weighted by molar-refractivity contribution is -0.140. The summed E-state index contributed by atoms with van der Waals surface area (Å²) < 4.78 is 16.2. The predicted octanol–water partition coefficient (Wildman–Crippen LogP) is 4.48. The molecule has 40 heavy (non-hydrogen) atoms. The van der Waals surface area contributed by atoms with Crippen LogP contribution < -0.4 is 14.2 Å². The van der Waals surface area contributed by atoms with Crippen LogP contribution in [0.1, 0.15) is 39.1 Å². The summed E-state index contributed by atoms with van der Waals surface area (Å²) in [6.07, 6.45) is 1.94. The molecule has 4 rings (SSSR count). The van der Waals surface area contributed by atoms with E-state index in [0.717, 1.165) is 29.4 Å². The highest BCUT2D eigenvalue weighted by Gasteiger charge is 2.21. The maximum absolute atomic E-state index is 13.2. The van der Waals surface area contributed by atoms with Gasteiger partial charge in [0.05, 0.1) is 12.8 Å². The van der Waals surface area contributed by atoms with E-state index in [0.29, 0.717) is 5.75 Å². The van der Waals surface area contributed by atoms with Gasteiger partial charge in [-0.2, -0.15) is 0 Å². The molecule has 0 aliphatic rings. The van der Waals surface area contributed by atoms with Crippen molar-refractivity contribution in [2.45, 2.75) is 19.3 Å². The Morgan fingerprint density at radius 3 is 1.95 bits per heavy atom. The number of rotatable bonds is 11. The first-order chi connectivity index (χ1) is 19.2. The molecular weight excluding hydrogens is 516 g/mol. The number of carboxylic acid groups (broad SMARTS) is 1. The van der Waals surface area contributed by atoms with Gasteiger partial charge in [-0.1, -0.05) is 30.3 Å². The number of ether oxygens (including phenoxy) is 3. The number of H-pyrrole nitrogens is 1. The molecule has 10 nitrogen and oxygen atoms in total. The molecule has 0 radical (unpaired) electrons. The van der Waals surface area contributed by atoms with Gasteiger partial charge in [0, 0.05) is 23.6 Å². The van der Waals surface area contributed by atoms with E-state index in [1.165, 1.54) is 36.4 Å². The lowest BCUT2D eigenvalue weighted by Crippen LogP contribution is -2.17. The van der Waals surface area contributed by atoms with Gasteiger partial charge in [0.1, 0.15) is 28.4 Å². The lowest BCUT2D eigenvalue weighted by Gasteiger charge is -2.12. The number of nitrogens with zero attached hydrogens (tertiary/aromatic N) is 1. The quantitative estimate of drug-likeness (QED) is 0.207. The van der Waals surface area contributed by atoms with Crippen molar-refractivity contribution in [2.75, 3.05) is 20.6 Å². The topological polar surface area (TPSA) is 135 Å². The number of nitrogens with one attached hydrogen (secondary N) is 1. The number of hydrogen-bond acceptors (Lipinski definition) is 8. The third kappa shape index (κ3) is 6.91. The molecule has 0 aliphatic carbocycles. The Bertz CT molecular complexity index is 1560. The number of fused-ring (bicyclic) bond motifs is 1. The summed E-state index contributed by atoms with van der Waals surface area (Å²) in [5.74, 6) is -3.29. The summed E-state index contributed by atoms with van der Waals surface area (Å²) in [6, 6.07) is 17.2. The van der Waals surface area contributed by atoms with Gasteiger partial charge in [0.15, 0.2) is 0 Å². The number of likely N-dealkylation sites (N-methyl/N-ethyl adjacent to an activating group) is 1. The number of aromatic carboxylic acids is 1. The van der Waals surface area contributed by atoms with Crippen LogP contribution in [0.3, 0.4) is 0 Å². The van der Waals surface area contributed by atoms with Crippen molar-refractivity contribution in [3.63, 3.8) is 0 Å². The molecular formula is C30H28N2O8. The molecule has 0 saturated carbocycles. The van der Waals surface area contributed by atoms with Crippen LogP contribution in [0.5, 0.6) is 17.2 Å². The summed E-state index contributed by atoms with van der Waals surface area (Å²) in [5, 5.41) is 10.0. The Morgan fingerprint density at radius 1 is 0.750 bits per heavy atom. The number of aromatic amines is 1. The van der Waals surface area contributed by atoms with Crippen LogP contribution in [-0.4, -0.2) is 59.5 Å². The largest absolute Gasteiger partial charge is 0.478 e. The van der Waals surface area contributed by atoms with Gasteiger partial charge in [-0.3, -0.25) is 9.59 Å². The van der Waals surface area contributed by atoms with Crippen molar-refractivity contribution in [1.29, 1.82) is 0 Å². The van der Waals surface area contributed by atoms with Gasteiger partial charge < -0.3 is 29.2 Å². The fraction of sp³-hybridized carbons (Fsp3) is 0.200. The van der Waals surface area contributed by atoms with Gasteiger partial charge in [0.2, 0.25) is 0 Å². The van der Waals surface area contributed by atoms with Crippen LogP contribution >= 0.6 is 0 Å². The van der Waals surface area contributed by atoms with E-state index in [9.17, 15) is 24.3 Å². The highest BCUT2D eigenvalue weighted by molar-refractivity contribution is 5.98. The molecule has 4 aromatic rings. The molecule has 1 heterocycles. The van der Waals surface area contributed by atoms with Gasteiger partial charge in [0.25, 0.3) is 0 Å². The van der Waals surface area contributed by atoms with E-state index in [1.807, 2.05) is 26.4 Å². The van der Waals surface area contributed by atoms with Crippen LogP contribution in [0.25, 0.3) is 10.9 Å².